The smallest absolute Gasteiger partial charge is 0.307 e. The molecule has 1 heterocycles. The summed E-state index contributed by atoms with van der Waals surface area (Å²) in [5.74, 6) is -0.604. The number of carboxylic acid groups (broad SMARTS) is 1. The van der Waals surface area contributed by atoms with Gasteiger partial charge in [-0.25, -0.2) is 0 Å². The molecule has 1 aromatic carbocycles. The Morgan fingerprint density at radius 1 is 1.38 bits per heavy atom. The van der Waals surface area contributed by atoms with Gasteiger partial charge in [-0.2, -0.15) is 0 Å². The van der Waals surface area contributed by atoms with E-state index in [0.717, 1.165) is 5.56 Å². The highest BCUT2D eigenvalue weighted by Crippen LogP contribution is 2.61. The molecule has 1 saturated carbocycles. The Balaban J connectivity index is 2.10. The van der Waals surface area contributed by atoms with Crippen LogP contribution in [0, 0.1) is 11.8 Å². The molecule has 0 bridgehead atoms. The lowest BCUT2D eigenvalue weighted by Gasteiger charge is -2.18. The van der Waals surface area contributed by atoms with Crippen LogP contribution in [0.5, 0.6) is 5.75 Å². The van der Waals surface area contributed by atoms with Crippen LogP contribution in [0.25, 0.3) is 0 Å². The van der Waals surface area contributed by atoms with Crippen molar-refractivity contribution in [3.8, 4) is 5.75 Å². The molecule has 16 heavy (non-hydrogen) atoms. The Hall–Kier alpha value is -0.930. The van der Waals surface area contributed by atoms with E-state index in [1.807, 2.05) is 0 Å². The molecule has 0 unspecified atom stereocenters. The molecule has 2 aliphatic rings. The van der Waals surface area contributed by atoms with E-state index in [2.05, 4.69) is 0 Å². The third-order valence-corrected chi connectivity index (χ3v) is 3.93. The summed E-state index contributed by atoms with van der Waals surface area (Å²) in [6.07, 6.45) is 0. The summed E-state index contributed by atoms with van der Waals surface area (Å²) in [5.41, 5.74) is 0.762. The molecule has 0 amide bonds. The monoisotopic (exact) mass is 258 g/mol. The molecule has 3 atom stereocenters. The molecule has 1 fully saturated rings. The molecular weight excluding hydrogens is 251 g/mol. The van der Waals surface area contributed by atoms with Crippen molar-refractivity contribution >= 4 is 29.2 Å². The predicted molar refractivity (Wildman–Crippen MR) is 59.3 cm³/mol. The van der Waals surface area contributed by atoms with Crippen molar-refractivity contribution in [3.05, 3.63) is 27.7 Å². The van der Waals surface area contributed by atoms with E-state index >= 15 is 0 Å². The van der Waals surface area contributed by atoms with Crippen molar-refractivity contribution < 1.29 is 14.6 Å². The van der Waals surface area contributed by atoms with Gasteiger partial charge in [-0.15, -0.1) is 0 Å². The lowest BCUT2D eigenvalue weighted by atomic mass is 10.1. The van der Waals surface area contributed by atoms with Crippen LogP contribution in [0.1, 0.15) is 11.5 Å². The zero-order valence-electron chi connectivity index (χ0n) is 8.11. The largest absolute Gasteiger partial charge is 0.491 e. The summed E-state index contributed by atoms with van der Waals surface area (Å²) in [4.78, 5) is 11.0. The van der Waals surface area contributed by atoms with Crippen molar-refractivity contribution in [1.29, 1.82) is 0 Å². The molecule has 0 spiro atoms. The van der Waals surface area contributed by atoms with Crippen molar-refractivity contribution in [2.24, 2.45) is 11.8 Å². The first-order valence-electron chi connectivity index (χ1n) is 4.94. The molecule has 3 nitrogen and oxygen atoms in total. The quantitative estimate of drug-likeness (QED) is 0.843. The van der Waals surface area contributed by atoms with Gasteiger partial charge >= 0.3 is 5.97 Å². The minimum Gasteiger partial charge on any atom is -0.491 e. The molecule has 1 aliphatic carbocycles. The number of halogens is 2. The van der Waals surface area contributed by atoms with E-state index in [9.17, 15) is 4.79 Å². The molecule has 0 saturated heterocycles. The van der Waals surface area contributed by atoms with Crippen molar-refractivity contribution in [2.45, 2.75) is 5.92 Å². The van der Waals surface area contributed by atoms with Crippen LogP contribution in [0.3, 0.4) is 0 Å². The van der Waals surface area contributed by atoms with Crippen LogP contribution in [0.2, 0.25) is 10.0 Å². The maximum absolute atomic E-state index is 11.0. The van der Waals surface area contributed by atoms with Gasteiger partial charge in [0, 0.05) is 22.4 Å². The fourth-order valence-electron chi connectivity index (χ4n) is 2.50. The van der Waals surface area contributed by atoms with E-state index < -0.39 is 5.97 Å². The normalized spacial score (nSPS) is 30.0. The molecule has 0 aromatic heterocycles. The Kier molecular flexibility index (Phi) is 2.10. The molecule has 1 aliphatic heterocycles. The second kappa shape index (κ2) is 3.28. The summed E-state index contributed by atoms with van der Waals surface area (Å²) in [7, 11) is 0. The molecule has 3 rings (SSSR count). The van der Waals surface area contributed by atoms with E-state index in [1.54, 1.807) is 12.1 Å². The Labute approximate surface area is 102 Å². The number of hydrogen-bond donors (Lipinski definition) is 1. The van der Waals surface area contributed by atoms with Crippen LogP contribution in [-0.2, 0) is 4.79 Å². The number of hydrogen-bond acceptors (Lipinski definition) is 2. The Morgan fingerprint density at radius 2 is 2.06 bits per heavy atom. The fourth-order valence-corrected chi connectivity index (χ4v) is 2.99. The summed E-state index contributed by atoms with van der Waals surface area (Å²) >= 11 is 12.1. The topological polar surface area (TPSA) is 46.5 Å². The minimum atomic E-state index is -0.789. The first-order valence-corrected chi connectivity index (χ1v) is 5.70. The number of carbonyl (C=O) groups is 1. The summed E-state index contributed by atoms with van der Waals surface area (Å²) in [6.45, 7) is 0.411. The first kappa shape index (κ1) is 10.2. The van der Waals surface area contributed by atoms with Crippen LogP contribution in [0.15, 0.2) is 12.1 Å². The highest BCUT2D eigenvalue weighted by Gasteiger charge is 2.60. The van der Waals surface area contributed by atoms with Gasteiger partial charge in [0.25, 0.3) is 0 Å². The number of aliphatic carboxylic acids is 1. The molecular formula is C11H8Cl2O3. The van der Waals surface area contributed by atoms with E-state index in [1.165, 1.54) is 0 Å². The predicted octanol–water partition coefficient (Wildman–Crippen LogP) is 2.80. The van der Waals surface area contributed by atoms with Gasteiger partial charge in [-0.1, -0.05) is 23.2 Å². The Bertz CT molecular complexity index is 486. The highest BCUT2D eigenvalue weighted by molar-refractivity contribution is 6.35. The van der Waals surface area contributed by atoms with Crippen LogP contribution in [0.4, 0.5) is 0 Å². The third kappa shape index (κ3) is 1.25. The lowest BCUT2D eigenvalue weighted by molar-refractivity contribution is -0.139. The fraction of sp³-hybridized carbons (Fsp3) is 0.364. The molecule has 1 aromatic rings. The average molecular weight is 259 g/mol. The van der Waals surface area contributed by atoms with Gasteiger partial charge in [-0.05, 0) is 12.1 Å². The Morgan fingerprint density at radius 3 is 2.75 bits per heavy atom. The third-order valence-electron chi connectivity index (χ3n) is 3.30. The van der Waals surface area contributed by atoms with Gasteiger partial charge in [0.2, 0.25) is 0 Å². The van der Waals surface area contributed by atoms with Crippen molar-refractivity contribution in [3.63, 3.8) is 0 Å². The summed E-state index contributed by atoms with van der Waals surface area (Å²) in [5, 5.41) is 10.1. The zero-order chi connectivity index (χ0) is 11.4. The first-order chi connectivity index (χ1) is 7.61. The lowest BCUT2D eigenvalue weighted by Crippen LogP contribution is -2.09. The maximum Gasteiger partial charge on any atom is 0.307 e. The standard InChI is InChI=1S/C11H8Cl2O3/c12-5-1-2-6(13)10-9(5)7-4(3-16-10)8(7)11(14)15/h1-2,4,7-8H,3H2,(H,14,15)/t4-,7+,8-/m1/s1. The molecule has 0 radical (unpaired) electrons. The van der Waals surface area contributed by atoms with Crippen molar-refractivity contribution in [1.82, 2.24) is 0 Å². The van der Waals surface area contributed by atoms with Gasteiger partial charge in [-0.3, -0.25) is 4.79 Å². The number of benzene rings is 1. The van der Waals surface area contributed by atoms with Gasteiger partial charge in [0.05, 0.1) is 17.5 Å². The highest BCUT2D eigenvalue weighted by atomic mass is 35.5. The van der Waals surface area contributed by atoms with Gasteiger partial charge in [0.15, 0.2) is 0 Å². The van der Waals surface area contributed by atoms with Crippen LogP contribution in [-0.4, -0.2) is 17.7 Å². The SMILES string of the molecule is O=C(O)[C@@H]1[C@@H]2COc3c(Cl)ccc(Cl)c3[C@@H]21. The number of carboxylic acids is 1. The summed E-state index contributed by atoms with van der Waals surface area (Å²) in [6, 6.07) is 3.35. The minimum absolute atomic E-state index is 0.0348. The van der Waals surface area contributed by atoms with Crippen LogP contribution >= 0.6 is 23.2 Å². The number of ether oxygens (including phenoxy) is 1. The second-order valence-corrected chi connectivity index (χ2v) is 4.95. The average Bonchev–Trinajstić information content (AvgIpc) is 2.97. The number of rotatable bonds is 1. The van der Waals surface area contributed by atoms with E-state index in [-0.39, 0.29) is 17.8 Å². The summed E-state index contributed by atoms with van der Waals surface area (Å²) < 4.78 is 5.49. The van der Waals surface area contributed by atoms with E-state index in [0.29, 0.717) is 22.4 Å². The van der Waals surface area contributed by atoms with Gasteiger partial charge < -0.3 is 9.84 Å². The van der Waals surface area contributed by atoms with Crippen LogP contribution < -0.4 is 4.74 Å². The molecule has 1 N–H and O–H groups in total. The molecule has 5 heteroatoms. The second-order valence-electron chi connectivity index (χ2n) is 4.14. The number of fused-ring (bicyclic) bond motifs is 3. The molecule has 84 valence electrons. The maximum atomic E-state index is 11.0. The van der Waals surface area contributed by atoms with Gasteiger partial charge in [0.1, 0.15) is 5.75 Å². The zero-order valence-corrected chi connectivity index (χ0v) is 9.63. The van der Waals surface area contributed by atoms with E-state index in [4.69, 9.17) is 33.0 Å². The van der Waals surface area contributed by atoms with Crippen molar-refractivity contribution in [2.75, 3.05) is 6.61 Å².